The first-order valence-electron chi connectivity index (χ1n) is 5.38. The predicted octanol–water partition coefficient (Wildman–Crippen LogP) is 1.49. The molecule has 80 valence electrons. The van der Waals surface area contributed by atoms with Gasteiger partial charge >= 0.3 is 0 Å². The zero-order valence-electron chi connectivity index (χ0n) is 9.51. The molecule has 1 N–H and O–H groups in total. The molecule has 0 saturated carbocycles. The van der Waals surface area contributed by atoms with E-state index in [1.807, 2.05) is 0 Å². The van der Waals surface area contributed by atoms with Crippen molar-refractivity contribution in [2.75, 3.05) is 19.6 Å². The molecule has 0 aliphatic carbocycles. The second-order valence-electron chi connectivity index (χ2n) is 5.06. The summed E-state index contributed by atoms with van der Waals surface area (Å²) >= 11 is 0. The molecule has 1 aliphatic rings. The molecule has 2 nitrogen and oxygen atoms in total. The van der Waals surface area contributed by atoms with Crippen molar-refractivity contribution in [1.29, 1.82) is 0 Å². The highest BCUT2D eigenvalue weighted by Gasteiger charge is 2.15. The van der Waals surface area contributed by atoms with Crippen molar-refractivity contribution < 1.29 is 5.11 Å². The van der Waals surface area contributed by atoms with Gasteiger partial charge in [0.2, 0.25) is 0 Å². The molecule has 14 heavy (non-hydrogen) atoms. The molecule has 0 aromatic heterocycles. The summed E-state index contributed by atoms with van der Waals surface area (Å²) in [6, 6.07) is 0. The van der Waals surface area contributed by atoms with E-state index >= 15 is 0 Å². The van der Waals surface area contributed by atoms with Gasteiger partial charge in [-0.3, -0.25) is 4.90 Å². The van der Waals surface area contributed by atoms with Crippen LogP contribution in [0, 0.1) is 17.3 Å². The molecule has 0 unspecified atom stereocenters. The van der Waals surface area contributed by atoms with E-state index < -0.39 is 0 Å². The van der Waals surface area contributed by atoms with Crippen LogP contribution < -0.4 is 0 Å². The Kier molecular flexibility index (Phi) is 3.97. The molecule has 1 aliphatic heterocycles. The van der Waals surface area contributed by atoms with E-state index in [1.54, 1.807) is 0 Å². The lowest BCUT2D eigenvalue weighted by atomic mass is 9.98. The fourth-order valence-electron chi connectivity index (χ4n) is 1.49. The Balaban J connectivity index is 2.28. The van der Waals surface area contributed by atoms with E-state index in [4.69, 9.17) is 0 Å². The van der Waals surface area contributed by atoms with Crippen LogP contribution >= 0.6 is 0 Å². The highest BCUT2D eigenvalue weighted by Crippen LogP contribution is 2.11. The Bertz CT molecular complexity index is 223. The van der Waals surface area contributed by atoms with E-state index in [0.717, 1.165) is 32.5 Å². The summed E-state index contributed by atoms with van der Waals surface area (Å²) in [5, 5.41) is 9.32. The highest BCUT2D eigenvalue weighted by molar-refractivity contribution is 5.08. The lowest BCUT2D eigenvalue weighted by Gasteiger charge is -2.27. The fraction of sp³-hybridized carbons (Fsp3) is 0.833. The minimum Gasteiger partial charge on any atom is -0.393 e. The largest absolute Gasteiger partial charge is 0.393 e. The van der Waals surface area contributed by atoms with Gasteiger partial charge in [0.15, 0.2) is 0 Å². The van der Waals surface area contributed by atoms with E-state index in [-0.39, 0.29) is 11.5 Å². The van der Waals surface area contributed by atoms with Crippen molar-refractivity contribution in [2.24, 2.45) is 5.41 Å². The average molecular weight is 195 g/mol. The highest BCUT2D eigenvalue weighted by atomic mass is 16.3. The van der Waals surface area contributed by atoms with E-state index in [1.165, 1.54) is 0 Å². The van der Waals surface area contributed by atoms with E-state index in [2.05, 4.69) is 37.5 Å². The van der Waals surface area contributed by atoms with Gasteiger partial charge in [-0.2, -0.15) is 0 Å². The first kappa shape index (κ1) is 11.6. The van der Waals surface area contributed by atoms with E-state index in [9.17, 15) is 5.11 Å². The molecule has 1 fully saturated rings. The van der Waals surface area contributed by atoms with Crippen molar-refractivity contribution in [3.8, 4) is 11.8 Å². The Morgan fingerprint density at radius 2 is 1.86 bits per heavy atom. The number of piperidine rings is 1. The Morgan fingerprint density at radius 1 is 1.29 bits per heavy atom. The molecule has 0 radical (unpaired) electrons. The van der Waals surface area contributed by atoms with Gasteiger partial charge in [0.1, 0.15) is 0 Å². The maximum atomic E-state index is 9.32. The maximum Gasteiger partial charge on any atom is 0.0601 e. The lowest BCUT2D eigenvalue weighted by molar-refractivity contribution is 0.0888. The SMILES string of the molecule is CC(C)(C)C#CCN1CCC(O)CC1. The van der Waals surface area contributed by atoms with Crippen LogP contribution in [0.2, 0.25) is 0 Å². The zero-order valence-corrected chi connectivity index (χ0v) is 9.51. The van der Waals surface area contributed by atoms with Gasteiger partial charge in [-0.05, 0) is 33.6 Å². The number of likely N-dealkylation sites (tertiary alicyclic amines) is 1. The molecule has 0 amide bonds. The van der Waals surface area contributed by atoms with Crippen molar-refractivity contribution in [1.82, 2.24) is 4.90 Å². The minimum atomic E-state index is -0.0816. The summed E-state index contributed by atoms with van der Waals surface area (Å²) in [5.74, 6) is 6.43. The summed E-state index contributed by atoms with van der Waals surface area (Å²) in [6.45, 7) is 9.20. The third-order valence-corrected chi connectivity index (χ3v) is 2.32. The molecule has 0 atom stereocenters. The van der Waals surface area contributed by atoms with Crippen LogP contribution in [0.25, 0.3) is 0 Å². The van der Waals surface area contributed by atoms with Crippen molar-refractivity contribution in [3.05, 3.63) is 0 Å². The molecule has 2 heteroatoms. The number of aliphatic hydroxyl groups is 1. The van der Waals surface area contributed by atoms with Gasteiger partial charge in [0, 0.05) is 18.5 Å². The number of nitrogens with zero attached hydrogens (tertiary/aromatic N) is 1. The van der Waals surface area contributed by atoms with Crippen LogP contribution in [0.5, 0.6) is 0 Å². The van der Waals surface area contributed by atoms with Gasteiger partial charge in [0.05, 0.1) is 12.6 Å². The first-order valence-corrected chi connectivity index (χ1v) is 5.38. The Morgan fingerprint density at radius 3 is 2.36 bits per heavy atom. The third-order valence-electron chi connectivity index (χ3n) is 2.32. The van der Waals surface area contributed by atoms with Crippen LogP contribution in [0.4, 0.5) is 0 Å². The molecule has 1 heterocycles. The topological polar surface area (TPSA) is 23.5 Å². The number of hydrogen-bond donors (Lipinski definition) is 1. The quantitative estimate of drug-likeness (QED) is 0.641. The molecule has 0 bridgehead atoms. The molecule has 0 aromatic rings. The van der Waals surface area contributed by atoms with Gasteiger partial charge in [-0.1, -0.05) is 11.8 Å². The number of rotatable bonds is 1. The fourth-order valence-corrected chi connectivity index (χ4v) is 1.49. The summed E-state index contributed by atoms with van der Waals surface area (Å²) < 4.78 is 0. The predicted molar refractivity (Wildman–Crippen MR) is 58.9 cm³/mol. The average Bonchev–Trinajstić information content (AvgIpc) is 2.06. The summed E-state index contributed by atoms with van der Waals surface area (Å²) in [7, 11) is 0. The summed E-state index contributed by atoms with van der Waals surface area (Å²) in [6.07, 6.45) is 1.72. The molecule has 0 aromatic carbocycles. The Labute approximate surface area is 87.3 Å². The van der Waals surface area contributed by atoms with Gasteiger partial charge in [-0.25, -0.2) is 0 Å². The number of hydrogen-bond acceptors (Lipinski definition) is 2. The van der Waals surface area contributed by atoms with Crippen LogP contribution in [-0.2, 0) is 0 Å². The van der Waals surface area contributed by atoms with Crippen LogP contribution in [0.3, 0.4) is 0 Å². The molecule has 1 rings (SSSR count). The molecule has 0 spiro atoms. The monoisotopic (exact) mass is 195 g/mol. The van der Waals surface area contributed by atoms with Gasteiger partial charge in [-0.15, -0.1) is 0 Å². The lowest BCUT2D eigenvalue weighted by Crippen LogP contribution is -2.36. The minimum absolute atomic E-state index is 0.0816. The normalized spacial score (nSPS) is 20.3. The van der Waals surface area contributed by atoms with Crippen LogP contribution in [0.15, 0.2) is 0 Å². The van der Waals surface area contributed by atoms with Crippen molar-refractivity contribution in [2.45, 2.75) is 39.7 Å². The van der Waals surface area contributed by atoms with Crippen LogP contribution in [0.1, 0.15) is 33.6 Å². The standard InChI is InChI=1S/C12H21NO/c1-12(2,3)7-4-8-13-9-5-11(14)6-10-13/h11,14H,5-6,8-10H2,1-3H3. The van der Waals surface area contributed by atoms with Crippen LogP contribution in [-0.4, -0.2) is 35.7 Å². The molecule has 1 saturated heterocycles. The van der Waals surface area contributed by atoms with Gasteiger partial charge in [0.25, 0.3) is 0 Å². The Hall–Kier alpha value is -0.520. The number of aliphatic hydroxyl groups excluding tert-OH is 1. The second-order valence-corrected chi connectivity index (χ2v) is 5.06. The smallest absolute Gasteiger partial charge is 0.0601 e. The summed E-state index contributed by atoms with van der Waals surface area (Å²) in [5.41, 5.74) is 0.106. The first-order chi connectivity index (χ1) is 6.47. The second kappa shape index (κ2) is 4.82. The zero-order chi connectivity index (χ0) is 10.6. The van der Waals surface area contributed by atoms with Crippen molar-refractivity contribution in [3.63, 3.8) is 0 Å². The third kappa shape index (κ3) is 4.64. The molecular formula is C12H21NO. The molecular weight excluding hydrogens is 174 g/mol. The summed E-state index contributed by atoms with van der Waals surface area (Å²) in [4.78, 5) is 2.31. The van der Waals surface area contributed by atoms with E-state index in [0.29, 0.717) is 0 Å². The van der Waals surface area contributed by atoms with Gasteiger partial charge < -0.3 is 5.11 Å². The maximum absolute atomic E-state index is 9.32. The van der Waals surface area contributed by atoms with Crippen molar-refractivity contribution >= 4 is 0 Å².